The third-order valence-corrected chi connectivity index (χ3v) is 4.95. The Labute approximate surface area is 190 Å². The van der Waals surface area contributed by atoms with E-state index in [1.807, 2.05) is 18.2 Å². The van der Waals surface area contributed by atoms with Crippen molar-refractivity contribution in [3.05, 3.63) is 41.2 Å². The number of hydrogen-bond donors (Lipinski definition) is 2. The molecule has 0 radical (unpaired) electrons. The Balaban J connectivity index is 0.00000289. The molecule has 32 heavy (non-hydrogen) atoms. The number of hydrazone groups is 1. The summed E-state index contributed by atoms with van der Waals surface area (Å²) >= 11 is 0. The summed E-state index contributed by atoms with van der Waals surface area (Å²) in [6.07, 6.45) is 4.95. The number of benzene rings is 1. The number of aromatic nitrogens is 5. The molecule has 1 saturated heterocycles. The quantitative estimate of drug-likeness (QED) is 0.393. The molecular formula is C19H24ClN9O3. The van der Waals surface area contributed by atoms with Crippen molar-refractivity contribution in [2.24, 2.45) is 5.10 Å². The predicted octanol–water partition coefficient (Wildman–Crippen LogP) is 1.41. The Hall–Kier alpha value is -3.51. The molecule has 2 aromatic heterocycles. The third-order valence-electron chi connectivity index (χ3n) is 4.95. The highest BCUT2D eigenvalue weighted by Gasteiger charge is 2.26. The van der Waals surface area contributed by atoms with Gasteiger partial charge in [0.1, 0.15) is 11.4 Å². The summed E-state index contributed by atoms with van der Waals surface area (Å²) in [7, 11) is 1.58. The molecule has 1 aliphatic rings. The van der Waals surface area contributed by atoms with Crippen LogP contribution in [0.5, 0.6) is 5.75 Å². The normalized spacial score (nSPS) is 14.3. The number of nitrogens with one attached hydrogen (secondary N) is 1. The molecule has 3 N–H and O–H groups in total. The second kappa shape index (κ2) is 10.7. The molecule has 0 atom stereocenters. The van der Waals surface area contributed by atoms with Crippen LogP contribution in [0.15, 0.2) is 34.0 Å². The second-order valence-corrected chi connectivity index (χ2v) is 7.08. The Kier molecular flexibility index (Phi) is 7.73. The van der Waals surface area contributed by atoms with Gasteiger partial charge >= 0.3 is 0 Å². The molecule has 170 valence electrons. The first-order valence-electron chi connectivity index (χ1n) is 9.88. The number of nitrogens with zero attached hydrogens (tertiary/aromatic N) is 7. The summed E-state index contributed by atoms with van der Waals surface area (Å²) in [4.78, 5) is 15.3. The van der Waals surface area contributed by atoms with Crippen LogP contribution in [0.4, 0.5) is 5.82 Å². The Morgan fingerprint density at radius 1 is 1.31 bits per heavy atom. The van der Waals surface area contributed by atoms with Gasteiger partial charge in [-0.3, -0.25) is 9.69 Å². The maximum atomic E-state index is 13.0. The highest BCUT2D eigenvalue weighted by atomic mass is 35.5. The average Bonchev–Trinajstić information content (AvgIpc) is 3.40. The zero-order valence-electron chi connectivity index (χ0n) is 17.5. The van der Waals surface area contributed by atoms with Crippen LogP contribution in [0.25, 0.3) is 5.82 Å². The van der Waals surface area contributed by atoms with E-state index in [9.17, 15) is 4.79 Å². The maximum Gasteiger partial charge on any atom is 0.292 e. The number of ether oxygens (including phenoxy) is 1. The van der Waals surface area contributed by atoms with Crippen LogP contribution in [0.2, 0.25) is 0 Å². The highest BCUT2D eigenvalue weighted by molar-refractivity contribution is 5.95. The largest absolute Gasteiger partial charge is 0.497 e. The van der Waals surface area contributed by atoms with Crippen LogP contribution < -0.4 is 15.9 Å². The van der Waals surface area contributed by atoms with E-state index >= 15 is 0 Å². The van der Waals surface area contributed by atoms with Gasteiger partial charge in [0.2, 0.25) is 11.6 Å². The monoisotopic (exact) mass is 461 g/mol. The summed E-state index contributed by atoms with van der Waals surface area (Å²) in [6, 6.07) is 7.29. The first kappa shape index (κ1) is 23.2. The van der Waals surface area contributed by atoms with Crippen molar-refractivity contribution in [3.8, 4) is 11.6 Å². The van der Waals surface area contributed by atoms with E-state index in [1.165, 1.54) is 17.3 Å². The molecule has 0 unspecified atom stereocenters. The fourth-order valence-corrected chi connectivity index (χ4v) is 3.40. The molecule has 13 heteroatoms. The van der Waals surface area contributed by atoms with Gasteiger partial charge in [0, 0.05) is 6.54 Å². The molecule has 1 aromatic carbocycles. The van der Waals surface area contributed by atoms with E-state index in [0.29, 0.717) is 18.0 Å². The molecule has 3 aromatic rings. The summed E-state index contributed by atoms with van der Waals surface area (Å²) in [6.45, 7) is 2.36. The minimum atomic E-state index is -0.501. The number of anilines is 1. The Morgan fingerprint density at radius 2 is 2.12 bits per heavy atom. The number of rotatable bonds is 7. The zero-order chi connectivity index (χ0) is 21.6. The zero-order valence-corrected chi connectivity index (χ0v) is 18.3. The van der Waals surface area contributed by atoms with Crippen molar-refractivity contribution in [1.29, 1.82) is 0 Å². The van der Waals surface area contributed by atoms with Gasteiger partial charge in [0.25, 0.3) is 5.91 Å². The first-order chi connectivity index (χ1) is 15.2. The fraction of sp³-hybridized carbons (Fsp3) is 0.368. The van der Waals surface area contributed by atoms with Crippen LogP contribution >= 0.6 is 12.4 Å². The highest BCUT2D eigenvalue weighted by Crippen LogP contribution is 2.19. The van der Waals surface area contributed by atoms with Crippen molar-refractivity contribution in [2.75, 3.05) is 25.9 Å². The lowest BCUT2D eigenvalue weighted by molar-refractivity contribution is 0.0944. The van der Waals surface area contributed by atoms with Gasteiger partial charge in [0.15, 0.2) is 5.69 Å². The van der Waals surface area contributed by atoms with Gasteiger partial charge < -0.3 is 10.5 Å². The molecule has 1 amide bonds. The molecule has 0 bridgehead atoms. The molecule has 1 aliphatic heterocycles. The number of halogens is 1. The summed E-state index contributed by atoms with van der Waals surface area (Å²) in [5, 5.41) is 19.6. The van der Waals surface area contributed by atoms with E-state index in [-0.39, 0.29) is 29.7 Å². The van der Waals surface area contributed by atoms with Crippen LogP contribution in [-0.2, 0) is 6.54 Å². The first-order valence-corrected chi connectivity index (χ1v) is 9.88. The van der Waals surface area contributed by atoms with Gasteiger partial charge in [-0.1, -0.05) is 23.8 Å². The topological polar surface area (TPSA) is 150 Å². The molecule has 1 fully saturated rings. The Morgan fingerprint density at radius 3 is 2.84 bits per heavy atom. The predicted molar refractivity (Wildman–Crippen MR) is 118 cm³/mol. The van der Waals surface area contributed by atoms with Crippen molar-refractivity contribution >= 4 is 30.3 Å². The van der Waals surface area contributed by atoms with Crippen LogP contribution in [0.3, 0.4) is 0 Å². The van der Waals surface area contributed by atoms with E-state index < -0.39 is 5.91 Å². The van der Waals surface area contributed by atoms with Gasteiger partial charge in [-0.2, -0.15) is 9.78 Å². The van der Waals surface area contributed by atoms with Crippen LogP contribution in [0.1, 0.15) is 41.0 Å². The van der Waals surface area contributed by atoms with E-state index in [0.717, 1.165) is 31.5 Å². The smallest absolute Gasteiger partial charge is 0.292 e. The molecular weight excluding hydrogens is 438 g/mol. The van der Waals surface area contributed by atoms with Crippen LogP contribution in [-0.4, -0.2) is 62.5 Å². The molecule has 0 saturated carbocycles. The fourth-order valence-electron chi connectivity index (χ4n) is 3.40. The van der Waals surface area contributed by atoms with Gasteiger partial charge in [-0.25, -0.2) is 10.1 Å². The number of nitrogen functional groups attached to an aromatic ring is 1. The van der Waals surface area contributed by atoms with Gasteiger partial charge in [-0.05, 0) is 53.9 Å². The van der Waals surface area contributed by atoms with Crippen molar-refractivity contribution in [2.45, 2.75) is 25.8 Å². The molecule has 4 rings (SSSR count). The number of carbonyl (C=O) groups is 1. The lowest BCUT2D eigenvalue weighted by Crippen LogP contribution is -2.31. The maximum absolute atomic E-state index is 13.0. The van der Waals surface area contributed by atoms with Crippen molar-refractivity contribution in [3.63, 3.8) is 0 Å². The van der Waals surface area contributed by atoms with Crippen molar-refractivity contribution < 1.29 is 14.2 Å². The lowest BCUT2D eigenvalue weighted by atomic mass is 10.1. The third kappa shape index (κ3) is 5.21. The van der Waals surface area contributed by atoms with Crippen molar-refractivity contribution in [1.82, 2.24) is 35.6 Å². The number of hydrogen-bond acceptors (Lipinski definition) is 10. The molecule has 3 heterocycles. The second-order valence-electron chi connectivity index (χ2n) is 7.08. The summed E-state index contributed by atoms with van der Waals surface area (Å²) in [5.74, 6) is 0.289. The number of piperidine rings is 1. The molecule has 0 aliphatic carbocycles. The molecule has 0 spiro atoms. The summed E-state index contributed by atoms with van der Waals surface area (Å²) in [5.41, 5.74) is 9.76. The van der Waals surface area contributed by atoms with E-state index in [1.54, 1.807) is 13.2 Å². The minimum Gasteiger partial charge on any atom is -0.497 e. The lowest BCUT2D eigenvalue weighted by Gasteiger charge is -2.25. The minimum absolute atomic E-state index is 0. The number of amides is 1. The Bertz CT molecular complexity index is 1080. The molecule has 12 nitrogen and oxygen atoms in total. The van der Waals surface area contributed by atoms with E-state index in [4.69, 9.17) is 10.5 Å². The summed E-state index contributed by atoms with van der Waals surface area (Å²) < 4.78 is 11.1. The number of likely N-dealkylation sites (tertiary alicyclic amines) is 1. The SMILES string of the molecule is COc1cccc(/C=N/NC(=O)c2c(CN3CCCCC3)nnn2-c2nonc2N)c1.Cl. The number of methoxy groups -OCH3 is 1. The average molecular weight is 462 g/mol. The number of carbonyl (C=O) groups excluding carboxylic acids is 1. The van der Waals surface area contributed by atoms with E-state index in [2.05, 4.69) is 40.7 Å². The number of nitrogens with two attached hydrogens (primary N) is 1. The standard InChI is InChI=1S/C19H23N9O3.ClH/c1-30-14-7-5-6-13(10-14)11-21-23-19(29)16-15(12-27-8-3-2-4-9-27)22-26-28(16)18-17(20)24-31-25-18;/h5-7,10-11H,2-4,8-9,12H2,1H3,(H2,20,24)(H,23,29);1H/b21-11+;. The van der Waals surface area contributed by atoms with Gasteiger partial charge in [0.05, 0.1) is 13.3 Å². The van der Waals surface area contributed by atoms with Gasteiger partial charge in [-0.15, -0.1) is 17.5 Å². The van der Waals surface area contributed by atoms with Crippen LogP contribution in [0, 0.1) is 0 Å².